The third-order valence-corrected chi connectivity index (χ3v) is 4.09. The molecule has 0 amide bonds. The van der Waals surface area contributed by atoms with Crippen LogP contribution >= 0.6 is 0 Å². The van der Waals surface area contributed by atoms with Gasteiger partial charge in [0.25, 0.3) is 5.79 Å². The second-order valence-corrected chi connectivity index (χ2v) is 5.50. The summed E-state index contributed by atoms with van der Waals surface area (Å²) in [7, 11) is 0. The maximum absolute atomic E-state index is 13.2. The highest BCUT2D eigenvalue weighted by Crippen LogP contribution is 2.43. The summed E-state index contributed by atoms with van der Waals surface area (Å²) in [5.74, 6) is -1.91. The second-order valence-electron chi connectivity index (χ2n) is 5.50. The summed E-state index contributed by atoms with van der Waals surface area (Å²) in [6.45, 7) is 3.28. The van der Waals surface area contributed by atoms with Crippen molar-refractivity contribution in [2.24, 2.45) is 0 Å². The Bertz CT molecular complexity index is 766. The van der Waals surface area contributed by atoms with E-state index in [1.165, 1.54) is 13.0 Å². The van der Waals surface area contributed by atoms with Crippen LogP contribution in [0.4, 0.5) is 13.2 Å². The van der Waals surface area contributed by atoms with Gasteiger partial charge in [-0.25, -0.2) is 0 Å². The minimum absolute atomic E-state index is 0.000442. The van der Waals surface area contributed by atoms with E-state index in [0.29, 0.717) is 29.5 Å². The van der Waals surface area contributed by atoms with Gasteiger partial charge in [0.2, 0.25) is 0 Å². The van der Waals surface area contributed by atoms with Crippen molar-refractivity contribution >= 4 is 16.9 Å². The molecule has 0 aliphatic carbocycles. The number of nitrogens with one attached hydrogen (secondary N) is 1. The summed E-state index contributed by atoms with van der Waals surface area (Å²) in [5.41, 5.74) is 0.367. The van der Waals surface area contributed by atoms with Crippen molar-refractivity contribution in [3.63, 3.8) is 0 Å². The van der Waals surface area contributed by atoms with E-state index in [-0.39, 0.29) is 12.1 Å². The van der Waals surface area contributed by atoms with E-state index in [1.54, 1.807) is 13.0 Å². The van der Waals surface area contributed by atoms with Gasteiger partial charge in [-0.15, -0.1) is 0 Å². The van der Waals surface area contributed by atoms with Crippen molar-refractivity contribution in [1.82, 2.24) is 4.98 Å². The number of carbonyl (C=O) groups excluding carboxylic acids is 1. The predicted molar refractivity (Wildman–Crippen MR) is 76.7 cm³/mol. The van der Waals surface area contributed by atoms with Gasteiger partial charge in [0.05, 0.1) is 23.4 Å². The molecule has 2 aromatic rings. The summed E-state index contributed by atoms with van der Waals surface area (Å²) < 4.78 is 50.7. The number of halogens is 3. The number of H-pyrrole nitrogens is 1. The molecule has 4 nitrogen and oxygen atoms in total. The van der Waals surface area contributed by atoms with Crippen LogP contribution in [0.15, 0.2) is 18.2 Å². The molecule has 7 heteroatoms. The van der Waals surface area contributed by atoms with E-state index >= 15 is 0 Å². The summed E-state index contributed by atoms with van der Waals surface area (Å²) in [4.78, 5) is 14.2. The number of alkyl halides is 3. The van der Waals surface area contributed by atoms with Gasteiger partial charge in [-0.3, -0.25) is 4.79 Å². The van der Waals surface area contributed by atoms with Crippen molar-refractivity contribution in [1.29, 1.82) is 0 Å². The van der Waals surface area contributed by atoms with Crippen LogP contribution in [0, 0.1) is 0 Å². The van der Waals surface area contributed by atoms with Gasteiger partial charge < -0.3 is 14.5 Å². The first-order chi connectivity index (χ1) is 10.8. The molecular formula is C16H16F3NO3. The standard InChI is InChI=1S/C16H16F3NO3/c1-3-15(23-9(2)21)14-11(7-8-22-15)10-5-4-6-12(13(10)20-14)16(17,18)19/h4-6,20H,3,7-8H2,1-2H3. The topological polar surface area (TPSA) is 51.3 Å². The molecule has 1 aromatic carbocycles. The van der Waals surface area contributed by atoms with Gasteiger partial charge in [0, 0.05) is 18.7 Å². The molecule has 1 aromatic heterocycles. The maximum Gasteiger partial charge on any atom is 0.418 e. The molecule has 2 heterocycles. The van der Waals surface area contributed by atoms with Gasteiger partial charge >= 0.3 is 12.1 Å². The zero-order valence-corrected chi connectivity index (χ0v) is 12.7. The number of aromatic nitrogens is 1. The molecule has 0 bridgehead atoms. The number of ether oxygens (including phenoxy) is 2. The summed E-state index contributed by atoms with van der Waals surface area (Å²) in [6.07, 6.45) is -3.71. The predicted octanol–water partition coefficient (Wildman–Crippen LogP) is 3.89. The second kappa shape index (κ2) is 5.26. The normalized spacial score (nSPS) is 21.3. The van der Waals surface area contributed by atoms with Gasteiger partial charge in [0.15, 0.2) is 0 Å². The lowest BCUT2D eigenvalue weighted by molar-refractivity contribution is -0.245. The van der Waals surface area contributed by atoms with Gasteiger partial charge in [-0.05, 0) is 18.1 Å². The molecule has 23 heavy (non-hydrogen) atoms. The maximum atomic E-state index is 13.2. The Morgan fingerprint density at radius 2 is 2.17 bits per heavy atom. The Morgan fingerprint density at radius 1 is 1.43 bits per heavy atom. The molecule has 1 unspecified atom stereocenters. The fourth-order valence-electron chi connectivity index (χ4n) is 3.15. The van der Waals surface area contributed by atoms with Crippen molar-refractivity contribution in [2.45, 2.75) is 38.7 Å². The number of hydrogen-bond donors (Lipinski definition) is 1. The summed E-state index contributed by atoms with van der Waals surface area (Å²) in [5, 5.41) is 0.489. The van der Waals surface area contributed by atoms with Crippen LogP contribution in [0.2, 0.25) is 0 Å². The molecule has 1 atom stereocenters. The average Bonchev–Trinajstić information content (AvgIpc) is 2.85. The van der Waals surface area contributed by atoms with Crippen LogP contribution in [0.5, 0.6) is 0 Å². The Hall–Kier alpha value is -2.02. The molecule has 1 aliphatic rings. The minimum atomic E-state index is -4.47. The molecule has 0 saturated carbocycles. The zero-order valence-electron chi connectivity index (χ0n) is 12.7. The lowest BCUT2D eigenvalue weighted by Gasteiger charge is -2.35. The Kier molecular flexibility index (Phi) is 3.63. The van der Waals surface area contributed by atoms with Gasteiger partial charge in [-0.2, -0.15) is 13.2 Å². The lowest BCUT2D eigenvalue weighted by Crippen LogP contribution is -2.39. The Morgan fingerprint density at radius 3 is 2.78 bits per heavy atom. The monoisotopic (exact) mass is 327 g/mol. The molecule has 0 radical (unpaired) electrons. The summed E-state index contributed by atoms with van der Waals surface area (Å²) in [6, 6.07) is 4.05. The van der Waals surface area contributed by atoms with E-state index in [9.17, 15) is 18.0 Å². The van der Waals surface area contributed by atoms with Crippen molar-refractivity contribution in [2.75, 3.05) is 6.61 Å². The Labute approximate surface area is 130 Å². The van der Waals surface area contributed by atoms with Crippen molar-refractivity contribution in [3.05, 3.63) is 35.0 Å². The van der Waals surface area contributed by atoms with Crippen LogP contribution in [-0.2, 0) is 32.7 Å². The van der Waals surface area contributed by atoms with Crippen LogP contribution in [0.3, 0.4) is 0 Å². The fourth-order valence-corrected chi connectivity index (χ4v) is 3.15. The first kappa shape index (κ1) is 15.9. The third kappa shape index (κ3) is 2.49. The van der Waals surface area contributed by atoms with E-state index in [0.717, 1.165) is 6.07 Å². The Balaban J connectivity index is 2.27. The molecule has 1 aliphatic heterocycles. The number of carbonyl (C=O) groups is 1. The third-order valence-electron chi connectivity index (χ3n) is 4.09. The number of rotatable bonds is 2. The first-order valence-corrected chi connectivity index (χ1v) is 7.33. The molecular weight excluding hydrogens is 311 g/mol. The minimum Gasteiger partial charge on any atom is -0.427 e. The van der Waals surface area contributed by atoms with Crippen LogP contribution < -0.4 is 0 Å². The molecule has 0 spiro atoms. The smallest absolute Gasteiger partial charge is 0.418 e. The van der Waals surface area contributed by atoms with Crippen LogP contribution in [0.25, 0.3) is 10.9 Å². The SMILES string of the molecule is CCC1(OC(C)=O)OCCc2c1[nH]c1c(C(F)(F)F)cccc21. The van der Waals surface area contributed by atoms with E-state index in [2.05, 4.69) is 4.98 Å². The molecule has 124 valence electrons. The van der Waals surface area contributed by atoms with Gasteiger partial charge in [-0.1, -0.05) is 19.1 Å². The summed E-state index contributed by atoms with van der Waals surface area (Å²) >= 11 is 0. The highest BCUT2D eigenvalue weighted by atomic mass is 19.4. The number of para-hydroxylation sites is 1. The first-order valence-electron chi connectivity index (χ1n) is 7.33. The fraction of sp³-hybridized carbons (Fsp3) is 0.438. The zero-order chi connectivity index (χ0) is 16.8. The van der Waals surface area contributed by atoms with Crippen LogP contribution in [0.1, 0.15) is 37.1 Å². The molecule has 0 saturated heterocycles. The number of fused-ring (bicyclic) bond motifs is 3. The lowest BCUT2D eigenvalue weighted by atomic mass is 9.97. The number of hydrogen-bond acceptors (Lipinski definition) is 3. The van der Waals surface area contributed by atoms with E-state index < -0.39 is 23.5 Å². The number of benzene rings is 1. The van der Waals surface area contributed by atoms with Gasteiger partial charge in [0.1, 0.15) is 0 Å². The van der Waals surface area contributed by atoms with E-state index in [4.69, 9.17) is 9.47 Å². The van der Waals surface area contributed by atoms with Crippen LogP contribution in [-0.4, -0.2) is 17.6 Å². The largest absolute Gasteiger partial charge is 0.427 e. The molecule has 0 fully saturated rings. The highest BCUT2D eigenvalue weighted by Gasteiger charge is 2.43. The highest BCUT2D eigenvalue weighted by molar-refractivity contribution is 5.88. The number of aromatic amines is 1. The molecule has 1 N–H and O–H groups in total. The number of esters is 1. The van der Waals surface area contributed by atoms with Crippen molar-refractivity contribution < 1.29 is 27.4 Å². The quantitative estimate of drug-likeness (QED) is 0.852. The molecule has 3 rings (SSSR count). The van der Waals surface area contributed by atoms with E-state index in [1.807, 2.05) is 0 Å². The average molecular weight is 327 g/mol. The van der Waals surface area contributed by atoms with Crippen molar-refractivity contribution in [3.8, 4) is 0 Å².